The average molecular weight is 181 g/mol. The monoisotopic (exact) mass is 181 g/mol. The fraction of sp³-hybridized carbons (Fsp3) is 0.875. The summed E-state index contributed by atoms with van der Waals surface area (Å²) >= 11 is 0. The molecule has 13 heavy (non-hydrogen) atoms. The highest BCUT2D eigenvalue weighted by Gasteiger charge is 2.20. The van der Waals surface area contributed by atoms with Gasteiger partial charge >= 0.3 is 0 Å². The minimum atomic E-state index is 0.611. The number of rotatable bonds is 3. The molecule has 0 aromatic carbocycles. The summed E-state index contributed by atoms with van der Waals surface area (Å²) in [6.07, 6.45) is 4.01. The van der Waals surface area contributed by atoms with E-state index < -0.39 is 0 Å². The number of nitrogens with one attached hydrogen (secondary N) is 2. The van der Waals surface area contributed by atoms with Crippen molar-refractivity contribution in [1.82, 2.24) is 20.6 Å². The van der Waals surface area contributed by atoms with E-state index in [1.807, 2.05) is 0 Å². The number of nitrogens with zero attached hydrogens (tertiary/aromatic N) is 3. The molecule has 0 spiro atoms. The van der Waals surface area contributed by atoms with Gasteiger partial charge in [-0.25, -0.2) is 0 Å². The van der Waals surface area contributed by atoms with Crippen molar-refractivity contribution in [3.63, 3.8) is 0 Å². The highest BCUT2D eigenvalue weighted by molar-refractivity contribution is 5.18. The molecular weight excluding hydrogens is 166 g/mol. The summed E-state index contributed by atoms with van der Waals surface area (Å²) in [7, 11) is 0. The Labute approximate surface area is 77.3 Å². The standard InChI is InChI=1S/C8H15N5/c1-6-2-3-7(4-6)5-9-8-10-12-13-11-8/h6-7H,2-5H2,1H3,(H2,9,10,11,12,13). The van der Waals surface area contributed by atoms with Gasteiger partial charge in [-0.1, -0.05) is 18.4 Å². The first kappa shape index (κ1) is 8.47. The molecule has 0 saturated heterocycles. The van der Waals surface area contributed by atoms with Crippen molar-refractivity contribution in [3.8, 4) is 0 Å². The molecule has 0 radical (unpaired) electrons. The van der Waals surface area contributed by atoms with E-state index in [4.69, 9.17) is 0 Å². The predicted molar refractivity (Wildman–Crippen MR) is 49.2 cm³/mol. The third-order valence-electron chi connectivity index (χ3n) is 2.70. The number of tetrazole rings is 1. The lowest BCUT2D eigenvalue weighted by Gasteiger charge is -2.08. The molecule has 1 aromatic rings. The first-order valence-electron chi connectivity index (χ1n) is 4.82. The highest BCUT2D eigenvalue weighted by atomic mass is 15.5. The van der Waals surface area contributed by atoms with Gasteiger partial charge in [0.1, 0.15) is 0 Å². The summed E-state index contributed by atoms with van der Waals surface area (Å²) in [4.78, 5) is 0. The third kappa shape index (κ3) is 2.17. The maximum atomic E-state index is 3.84. The minimum Gasteiger partial charge on any atom is -0.351 e. The zero-order valence-electron chi connectivity index (χ0n) is 7.82. The van der Waals surface area contributed by atoms with Crippen molar-refractivity contribution in [3.05, 3.63) is 0 Å². The van der Waals surface area contributed by atoms with Crippen molar-refractivity contribution in [2.24, 2.45) is 11.8 Å². The van der Waals surface area contributed by atoms with Crippen LogP contribution in [0.2, 0.25) is 0 Å². The maximum Gasteiger partial charge on any atom is 0.263 e. The van der Waals surface area contributed by atoms with E-state index in [0.717, 1.165) is 18.4 Å². The van der Waals surface area contributed by atoms with Gasteiger partial charge in [0.25, 0.3) is 5.95 Å². The zero-order valence-corrected chi connectivity index (χ0v) is 7.82. The summed E-state index contributed by atoms with van der Waals surface area (Å²) in [6.45, 7) is 3.29. The molecule has 1 aliphatic rings. The van der Waals surface area contributed by atoms with Crippen LogP contribution in [0.5, 0.6) is 0 Å². The predicted octanol–water partition coefficient (Wildman–Crippen LogP) is 1.05. The van der Waals surface area contributed by atoms with Crippen LogP contribution < -0.4 is 5.32 Å². The van der Waals surface area contributed by atoms with E-state index in [1.54, 1.807) is 0 Å². The van der Waals surface area contributed by atoms with Crippen LogP contribution in [0.4, 0.5) is 5.95 Å². The van der Waals surface area contributed by atoms with Gasteiger partial charge in [0.15, 0.2) is 0 Å². The summed E-state index contributed by atoms with van der Waals surface area (Å²) in [5.74, 6) is 2.28. The molecule has 2 unspecified atom stereocenters. The van der Waals surface area contributed by atoms with Gasteiger partial charge in [-0.3, -0.25) is 0 Å². The lowest BCUT2D eigenvalue weighted by Crippen LogP contribution is -2.12. The topological polar surface area (TPSA) is 66.5 Å². The van der Waals surface area contributed by atoms with E-state index in [2.05, 4.69) is 32.9 Å². The molecule has 1 heterocycles. The second-order valence-electron chi connectivity index (χ2n) is 3.90. The summed E-state index contributed by atoms with van der Waals surface area (Å²) < 4.78 is 0. The number of hydrogen-bond donors (Lipinski definition) is 2. The molecule has 5 heteroatoms. The molecule has 72 valence electrons. The Hall–Kier alpha value is -1.13. The fourth-order valence-electron chi connectivity index (χ4n) is 1.98. The van der Waals surface area contributed by atoms with Crippen LogP contribution in [-0.4, -0.2) is 27.2 Å². The number of hydrogen-bond acceptors (Lipinski definition) is 4. The van der Waals surface area contributed by atoms with Crippen LogP contribution in [0.25, 0.3) is 0 Å². The van der Waals surface area contributed by atoms with Gasteiger partial charge in [-0.15, -0.1) is 5.10 Å². The van der Waals surface area contributed by atoms with Crippen molar-refractivity contribution >= 4 is 5.95 Å². The van der Waals surface area contributed by atoms with Crippen LogP contribution in [0, 0.1) is 11.8 Å². The highest BCUT2D eigenvalue weighted by Crippen LogP contribution is 2.29. The van der Waals surface area contributed by atoms with Crippen LogP contribution in [-0.2, 0) is 0 Å². The van der Waals surface area contributed by atoms with Gasteiger partial charge in [0.2, 0.25) is 0 Å². The molecule has 5 nitrogen and oxygen atoms in total. The molecule has 1 aromatic heterocycles. The Bertz CT molecular complexity index is 245. The Morgan fingerprint density at radius 3 is 3.08 bits per heavy atom. The maximum absolute atomic E-state index is 3.84. The molecule has 0 bridgehead atoms. The van der Waals surface area contributed by atoms with Gasteiger partial charge in [0, 0.05) is 6.54 Å². The van der Waals surface area contributed by atoms with Crippen LogP contribution in [0.1, 0.15) is 26.2 Å². The van der Waals surface area contributed by atoms with Crippen LogP contribution >= 0.6 is 0 Å². The largest absolute Gasteiger partial charge is 0.351 e. The van der Waals surface area contributed by atoms with Gasteiger partial charge in [-0.05, 0) is 29.9 Å². The second kappa shape index (κ2) is 3.72. The van der Waals surface area contributed by atoms with E-state index in [9.17, 15) is 0 Å². The molecule has 1 fully saturated rings. The van der Waals surface area contributed by atoms with Crippen molar-refractivity contribution in [1.29, 1.82) is 0 Å². The smallest absolute Gasteiger partial charge is 0.263 e. The minimum absolute atomic E-state index is 0.611. The molecule has 1 aliphatic carbocycles. The molecule has 2 rings (SSSR count). The molecular formula is C8H15N5. The first-order valence-corrected chi connectivity index (χ1v) is 4.82. The molecule has 0 amide bonds. The lowest BCUT2D eigenvalue weighted by atomic mass is 10.1. The first-order chi connectivity index (χ1) is 6.34. The fourth-order valence-corrected chi connectivity index (χ4v) is 1.98. The van der Waals surface area contributed by atoms with E-state index in [1.165, 1.54) is 19.3 Å². The molecule has 1 saturated carbocycles. The van der Waals surface area contributed by atoms with Crippen LogP contribution in [0.15, 0.2) is 0 Å². The Balaban J connectivity index is 1.74. The van der Waals surface area contributed by atoms with Gasteiger partial charge in [0.05, 0.1) is 0 Å². The Kier molecular flexibility index (Phi) is 2.42. The quantitative estimate of drug-likeness (QED) is 0.731. The molecule has 2 atom stereocenters. The van der Waals surface area contributed by atoms with Crippen LogP contribution in [0.3, 0.4) is 0 Å². The van der Waals surface area contributed by atoms with Crippen molar-refractivity contribution in [2.75, 3.05) is 11.9 Å². The van der Waals surface area contributed by atoms with Gasteiger partial charge in [-0.2, -0.15) is 5.21 Å². The molecule has 2 N–H and O–H groups in total. The Morgan fingerprint density at radius 2 is 2.46 bits per heavy atom. The van der Waals surface area contributed by atoms with E-state index in [0.29, 0.717) is 5.95 Å². The number of aromatic nitrogens is 4. The third-order valence-corrected chi connectivity index (χ3v) is 2.70. The molecule has 0 aliphatic heterocycles. The normalized spacial score (nSPS) is 27.8. The zero-order chi connectivity index (χ0) is 9.10. The lowest BCUT2D eigenvalue weighted by molar-refractivity contribution is 0.536. The van der Waals surface area contributed by atoms with Crippen molar-refractivity contribution in [2.45, 2.75) is 26.2 Å². The summed E-state index contributed by atoms with van der Waals surface area (Å²) in [5, 5.41) is 16.8. The summed E-state index contributed by atoms with van der Waals surface area (Å²) in [6, 6.07) is 0. The van der Waals surface area contributed by atoms with Crippen molar-refractivity contribution < 1.29 is 0 Å². The second-order valence-corrected chi connectivity index (χ2v) is 3.90. The van der Waals surface area contributed by atoms with E-state index in [-0.39, 0.29) is 0 Å². The number of H-pyrrole nitrogens is 1. The van der Waals surface area contributed by atoms with Gasteiger partial charge < -0.3 is 5.32 Å². The SMILES string of the molecule is CC1CCC(CNc2nn[nH]n2)C1. The summed E-state index contributed by atoms with van der Waals surface area (Å²) in [5.41, 5.74) is 0. The Morgan fingerprint density at radius 1 is 1.54 bits per heavy atom. The average Bonchev–Trinajstić information content (AvgIpc) is 2.71. The van der Waals surface area contributed by atoms with E-state index >= 15 is 0 Å². The number of aromatic amines is 1. The number of anilines is 1.